The molecule has 1 saturated heterocycles. The van der Waals surface area contributed by atoms with Gasteiger partial charge in [-0.3, -0.25) is 19.4 Å². The molecule has 0 unspecified atom stereocenters. The predicted molar refractivity (Wildman–Crippen MR) is 155 cm³/mol. The number of anilines is 1. The van der Waals surface area contributed by atoms with Crippen LogP contribution in [-0.2, 0) is 14.6 Å². The molecule has 39 heavy (non-hydrogen) atoms. The lowest BCUT2D eigenvalue weighted by molar-refractivity contribution is 0.0391. The van der Waals surface area contributed by atoms with E-state index < -0.39 is 9.84 Å². The van der Waals surface area contributed by atoms with Gasteiger partial charge in [0.15, 0.2) is 20.8 Å². The Morgan fingerprint density at radius 1 is 0.923 bits per heavy atom. The predicted octanol–water partition coefficient (Wildman–Crippen LogP) is 4.33. The normalized spacial score (nSPS) is 14.1. The van der Waals surface area contributed by atoms with E-state index in [1.165, 1.54) is 17.4 Å². The summed E-state index contributed by atoms with van der Waals surface area (Å²) in [6.45, 7) is 3.83. The van der Waals surface area contributed by atoms with Gasteiger partial charge in [0.05, 0.1) is 22.8 Å². The van der Waals surface area contributed by atoms with E-state index in [4.69, 9.17) is 4.74 Å². The molecule has 0 radical (unpaired) electrons. The minimum Gasteiger partial charge on any atom is -0.379 e. The number of benzene rings is 3. The first-order valence-corrected chi connectivity index (χ1v) is 14.9. The van der Waals surface area contributed by atoms with E-state index in [0.29, 0.717) is 58.3 Å². The number of para-hydroxylation sites is 1. The number of morpholine rings is 1. The fraction of sp³-hybridized carbons (Fsp3) is 0.250. The van der Waals surface area contributed by atoms with E-state index in [1.807, 2.05) is 18.2 Å². The topological polar surface area (TPSA) is 96.9 Å². The van der Waals surface area contributed by atoms with Crippen LogP contribution in [0.4, 0.5) is 5.13 Å². The van der Waals surface area contributed by atoms with Crippen molar-refractivity contribution in [3.63, 3.8) is 0 Å². The summed E-state index contributed by atoms with van der Waals surface area (Å²) >= 11 is 1.28. The van der Waals surface area contributed by atoms with Crippen molar-refractivity contribution in [3.8, 4) is 0 Å². The average molecular weight is 586 g/mol. The van der Waals surface area contributed by atoms with Crippen molar-refractivity contribution in [1.82, 2.24) is 9.88 Å². The molecular weight excluding hydrogens is 558 g/mol. The third-order valence-corrected chi connectivity index (χ3v) is 8.59. The minimum absolute atomic E-state index is 0. The van der Waals surface area contributed by atoms with Crippen LogP contribution < -0.4 is 4.90 Å². The Morgan fingerprint density at radius 3 is 2.23 bits per heavy atom. The highest BCUT2D eigenvalue weighted by atomic mass is 35.5. The number of sulfone groups is 1. The van der Waals surface area contributed by atoms with Gasteiger partial charge >= 0.3 is 0 Å². The van der Waals surface area contributed by atoms with Crippen LogP contribution in [0.5, 0.6) is 0 Å². The number of thiazole rings is 1. The first-order chi connectivity index (χ1) is 18.3. The lowest BCUT2D eigenvalue weighted by Crippen LogP contribution is -2.43. The van der Waals surface area contributed by atoms with Crippen LogP contribution in [0.25, 0.3) is 10.2 Å². The number of ether oxygens (including phenoxy) is 1. The van der Waals surface area contributed by atoms with Crippen molar-refractivity contribution in [2.75, 3.05) is 50.5 Å². The van der Waals surface area contributed by atoms with Gasteiger partial charge in [-0.25, -0.2) is 13.4 Å². The Hall–Kier alpha value is -3.15. The lowest BCUT2D eigenvalue weighted by atomic mass is 10.0. The quantitative estimate of drug-likeness (QED) is 0.284. The van der Waals surface area contributed by atoms with Crippen LogP contribution in [-0.4, -0.2) is 75.6 Å². The Labute approximate surface area is 237 Å². The van der Waals surface area contributed by atoms with Gasteiger partial charge in [0.2, 0.25) is 0 Å². The zero-order valence-corrected chi connectivity index (χ0v) is 23.7. The number of hydrogen-bond donors (Lipinski definition) is 0. The number of carbonyl (C=O) groups excluding carboxylic acids is 2. The number of carbonyl (C=O) groups is 2. The van der Waals surface area contributed by atoms with Gasteiger partial charge < -0.3 is 4.74 Å². The summed E-state index contributed by atoms with van der Waals surface area (Å²) in [7, 11) is -3.49. The van der Waals surface area contributed by atoms with Crippen LogP contribution in [0, 0.1) is 0 Å². The number of rotatable bonds is 8. The third kappa shape index (κ3) is 6.54. The van der Waals surface area contributed by atoms with Crippen molar-refractivity contribution in [2.45, 2.75) is 4.90 Å². The maximum Gasteiger partial charge on any atom is 0.260 e. The molecule has 0 atom stereocenters. The van der Waals surface area contributed by atoms with Crippen LogP contribution in [0.3, 0.4) is 0 Å². The average Bonchev–Trinajstić information content (AvgIpc) is 3.37. The van der Waals surface area contributed by atoms with Crippen molar-refractivity contribution < 1.29 is 22.7 Å². The van der Waals surface area contributed by atoms with Gasteiger partial charge in [0.1, 0.15) is 5.52 Å². The molecule has 1 fully saturated rings. The highest BCUT2D eigenvalue weighted by Gasteiger charge is 2.25. The van der Waals surface area contributed by atoms with Crippen molar-refractivity contribution in [3.05, 3.63) is 89.5 Å². The Morgan fingerprint density at radius 2 is 1.56 bits per heavy atom. The summed E-state index contributed by atoms with van der Waals surface area (Å²) in [5.41, 5.74) is 1.85. The molecule has 4 aromatic rings. The van der Waals surface area contributed by atoms with E-state index in [0.717, 1.165) is 19.3 Å². The van der Waals surface area contributed by atoms with Gasteiger partial charge in [-0.15, -0.1) is 12.4 Å². The van der Waals surface area contributed by atoms with Gasteiger partial charge in [0.25, 0.3) is 5.91 Å². The molecule has 0 N–H and O–H groups in total. The van der Waals surface area contributed by atoms with Crippen LogP contribution in [0.15, 0.2) is 77.7 Å². The largest absolute Gasteiger partial charge is 0.379 e. The maximum absolute atomic E-state index is 13.8. The van der Waals surface area contributed by atoms with E-state index in [9.17, 15) is 18.0 Å². The second-order valence-electron chi connectivity index (χ2n) is 9.05. The molecule has 11 heteroatoms. The second kappa shape index (κ2) is 12.4. The monoisotopic (exact) mass is 585 g/mol. The van der Waals surface area contributed by atoms with Crippen LogP contribution in [0.2, 0.25) is 0 Å². The number of hydrogen-bond acceptors (Lipinski definition) is 8. The number of ketones is 1. The van der Waals surface area contributed by atoms with Crippen molar-refractivity contribution in [2.24, 2.45) is 0 Å². The minimum atomic E-state index is -3.49. The Kier molecular flexibility index (Phi) is 9.14. The van der Waals surface area contributed by atoms with Crippen LogP contribution >= 0.6 is 23.7 Å². The molecule has 0 aliphatic carbocycles. The zero-order chi connectivity index (χ0) is 26.7. The summed E-state index contributed by atoms with van der Waals surface area (Å²) < 4.78 is 30.8. The van der Waals surface area contributed by atoms with E-state index in [1.54, 1.807) is 53.4 Å². The van der Waals surface area contributed by atoms with Gasteiger partial charge in [0, 0.05) is 49.1 Å². The van der Waals surface area contributed by atoms with Crippen molar-refractivity contribution in [1.29, 1.82) is 0 Å². The number of halogens is 1. The third-order valence-electron chi connectivity index (χ3n) is 6.42. The molecule has 1 aliphatic heterocycles. The standard InChI is InChI=1S/C28H27N3O5S2.ClH/c1-38(34,35)24-9-5-8-23-25(24)29-28(37-23)31(15-14-30-16-18-36-19-17-30)27(33)22-12-10-21(11-13-22)26(32)20-6-3-2-4-7-20;/h2-13H,14-19H2,1H3;1H. The Balaban J connectivity index is 0.00000353. The number of fused-ring (bicyclic) bond motifs is 1. The van der Waals surface area contributed by atoms with Crippen LogP contribution in [0.1, 0.15) is 26.3 Å². The molecule has 1 aliphatic rings. The van der Waals surface area contributed by atoms with E-state index in [2.05, 4.69) is 9.88 Å². The molecule has 1 amide bonds. The fourth-order valence-electron chi connectivity index (χ4n) is 4.35. The molecule has 1 aromatic heterocycles. The molecule has 8 nitrogen and oxygen atoms in total. The lowest BCUT2D eigenvalue weighted by Gasteiger charge is -2.29. The molecule has 2 heterocycles. The van der Waals surface area contributed by atoms with Gasteiger partial charge in [-0.1, -0.05) is 59.9 Å². The summed E-state index contributed by atoms with van der Waals surface area (Å²) in [4.78, 5) is 35.2. The molecule has 0 saturated carbocycles. The first-order valence-electron chi connectivity index (χ1n) is 12.2. The summed E-state index contributed by atoms with van der Waals surface area (Å²) in [6.07, 6.45) is 1.15. The van der Waals surface area contributed by atoms with Crippen molar-refractivity contribution >= 4 is 60.6 Å². The Bertz CT molecular complexity index is 1570. The smallest absolute Gasteiger partial charge is 0.260 e. The molecule has 3 aromatic carbocycles. The summed E-state index contributed by atoms with van der Waals surface area (Å²) in [5.74, 6) is -0.384. The highest BCUT2D eigenvalue weighted by Crippen LogP contribution is 2.33. The number of amides is 1. The summed E-state index contributed by atoms with van der Waals surface area (Å²) in [6, 6.07) is 20.6. The summed E-state index contributed by atoms with van der Waals surface area (Å²) in [5, 5.41) is 0.429. The number of aromatic nitrogens is 1. The molecule has 0 spiro atoms. The zero-order valence-electron chi connectivity index (χ0n) is 21.3. The van der Waals surface area contributed by atoms with E-state index in [-0.39, 0.29) is 29.0 Å². The fourth-order valence-corrected chi connectivity index (χ4v) is 6.27. The van der Waals surface area contributed by atoms with E-state index >= 15 is 0 Å². The van der Waals surface area contributed by atoms with Gasteiger partial charge in [-0.05, 0) is 24.3 Å². The second-order valence-corrected chi connectivity index (χ2v) is 12.0. The SMILES string of the molecule is CS(=O)(=O)c1cccc2sc(N(CCN3CCOCC3)C(=O)c3ccc(C(=O)c4ccccc4)cc3)nc12.Cl. The molecule has 204 valence electrons. The molecular formula is C28H28ClN3O5S2. The first kappa shape index (κ1) is 28.8. The highest BCUT2D eigenvalue weighted by molar-refractivity contribution is 7.91. The van der Waals surface area contributed by atoms with Gasteiger partial charge in [-0.2, -0.15) is 0 Å². The number of nitrogens with zero attached hydrogens (tertiary/aromatic N) is 3. The molecule has 5 rings (SSSR count). The maximum atomic E-state index is 13.8. The molecule has 0 bridgehead atoms.